The van der Waals surface area contributed by atoms with Crippen LogP contribution in [0.3, 0.4) is 0 Å². The maximum absolute atomic E-state index is 2.48. The fraction of sp³-hybridized carbons (Fsp3) is 0.818. The zero-order valence-electron chi connectivity index (χ0n) is 8.84. The van der Waals surface area contributed by atoms with Crippen LogP contribution < -0.4 is 0 Å². The maximum atomic E-state index is 2.48. The van der Waals surface area contributed by atoms with E-state index in [0.717, 1.165) is 0 Å². The summed E-state index contributed by atoms with van der Waals surface area (Å²) in [6.45, 7) is 10.2. The van der Waals surface area contributed by atoms with Crippen molar-refractivity contribution < 1.29 is 0 Å². The molecule has 0 atom stereocenters. The summed E-state index contributed by atoms with van der Waals surface area (Å²) in [6.07, 6.45) is 8.31. The van der Waals surface area contributed by atoms with E-state index < -0.39 is 0 Å². The summed E-state index contributed by atoms with van der Waals surface area (Å²) in [4.78, 5) is 2.48. The van der Waals surface area contributed by atoms with Gasteiger partial charge in [-0.25, -0.2) is 0 Å². The lowest BCUT2D eigenvalue weighted by molar-refractivity contribution is 0.297. The van der Waals surface area contributed by atoms with E-state index in [1.807, 2.05) is 0 Å². The molecular weight excluding hydrogens is 146 g/mol. The molecule has 0 spiro atoms. The highest BCUT2D eigenvalue weighted by atomic mass is 15.1. The topological polar surface area (TPSA) is 3.24 Å². The molecule has 0 aromatic heterocycles. The van der Waals surface area contributed by atoms with Crippen LogP contribution in [0.2, 0.25) is 0 Å². The molecule has 12 heavy (non-hydrogen) atoms. The summed E-state index contributed by atoms with van der Waals surface area (Å²) < 4.78 is 0. The van der Waals surface area contributed by atoms with Crippen LogP contribution in [0.1, 0.15) is 40.0 Å². The Bertz CT molecular complexity index is 104. The van der Waals surface area contributed by atoms with E-state index in [4.69, 9.17) is 0 Å². The average Bonchev–Trinajstić information content (AvgIpc) is 2.11. The number of nitrogens with zero attached hydrogens (tertiary/aromatic N) is 1. The van der Waals surface area contributed by atoms with Crippen molar-refractivity contribution in [3.05, 3.63) is 12.2 Å². The van der Waals surface area contributed by atoms with Crippen LogP contribution >= 0.6 is 0 Å². The molecule has 1 heteroatoms. The van der Waals surface area contributed by atoms with Crippen molar-refractivity contribution in [2.75, 3.05) is 19.6 Å². The third-order valence-corrected chi connectivity index (χ3v) is 2.23. The number of hydrogen-bond acceptors (Lipinski definition) is 1. The van der Waals surface area contributed by atoms with E-state index in [9.17, 15) is 0 Å². The molecule has 0 aromatic rings. The number of rotatable bonds is 7. The second-order valence-corrected chi connectivity index (χ2v) is 3.09. The third-order valence-electron chi connectivity index (χ3n) is 2.23. The molecule has 0 saturated heterocycles. The van der Waals surface area contributed by atoms with Crippen LogP contribution in [0, 0.1) is 0 Å². The van der Waals surface area contributed by atoms with Crippen LogP contribution in [-0.4, -0.2) is 24.5 Å². The van der Waals surface area contributed by atoms with E-state index in [-0.39, 0.29) is 0 Å². The van der Waals surface area contributed by atoms with Crippen molar-refractivity contribution in [1.82, 2.24) is 4.90 Å². The first kappa shape index (κ1) is 11.7. The maximum Gasteiger partial charge on any atom is -0.00189 e. The van der Waals surface area contributed by atoms with Crippen LogP contribution in [0.25, 0.3) is 0 Å². The fourth-order valence-corrected chi connectivity index (χ4v) is 1.30. The fourth-order valence-electron chi connectivity index (χ4n) is 1.30. The van der Waals surface area contributed by atoms with Crippen LogP contribution in [0.4, 0.5) is 0 Å². The summed E-state index contributed by atoms with van der Waals surface area (Å²) >= 11 is 0. The molecule has 0 aliphatic rings. The number of unbranched alkanes of at least 4 members (excludes halogenated alkanes) is 2. The Labute approximate surface area is 77.5 Å². The van der Waals surface area contributed by atoms with Gasteiger partial charge in [-0.05, 0) is 45.8 Å². The van der Waals surface area contributed by atoms with E-state index in [2.05, 4.69) is 37.8 Å². The Kier molecular flexibility index (Phi) is 8.57. The Morgan fingerprint density at radius 2 is 1.75 bits per heavy atom. The molecule has 0 aliphatic heterocycles. The lowest BCUT2D eigenvalue weighted by Crippen LogP contribution is -2.23. The van der Waals surface area contributed by atoms with Crippen molar-refractivity contribution in [3.63, 3.8) is 0 Å². The lowest BCUT2D eigenvalue weighted by Gasteiger charge is -2.17. The zero-order valence-corrected chi connectivity index (χ0v) is 8.84. The highest BCUT2D eigenvalue weighted by Gasteiger charge is 1.96. The summed E-state index contributed by atoms with van der Waals surface area (Å²) in [6, 6.07) is 0. The van der Waals surface area contributed by atoms with Crippen molar-refractivity contribution in [3.8, 4) is 0 Å². The molecule has 0 fully saturated rings. The molecule has 72 valence electrons. The monoisotopic (exact) mass is 169 g/mol. The SMILES string of the molecule is C/C=C\CCCCN(CC)CC. The van der Waals surface area contributed by atoms with Crippen molar-refractivity contribution in [2.24, 2.45) is 0 Å². The van der Waals surface area contributed by atoms with Gasteiger partial charge in [0.05, 0.1) is 0 Å². The molecule has 0 saturated carbocycles. The van der Waals surface area contributed by atoms with Gasteiger partial charge in [0.2, 0.25) is 0 Å². The lowest BCUT2D eigenvalue weighted by atomic mass is 10.2. The first-order valence-electron chi connectivity index (χ1n) is 5.18. The van der Waals surface area contributed by atoms with Gasteiger partial charge in [0, 0.05) is 0 Å². The van der Waals surface area contributed by atoms with Gasteiger partial charge in [-0.15, -0.1) is 0 Å². The van der Waals surface area contributed by atoms with E-state index in [0.29, 0.717) is 0 Å². The summed E-state index contributed by atoms with van der Waals surface area (Å²) in [5, 5.41) is 0. The highest BCUT2D eigenvalue weighted by Crippen LogP contribution is 1.99. The van der Waals surface area contributed by atoms with Gasteiger partial charge in [-0.2, -0.15) is 0 Å². The molecular formula is C11H23N. The minimum Gasteiger partial charge on any atom is -0.304 e. The first-order valence-corrected chi connectivity index (χ1v) is 5.18. The van der Waals surface area contributed by atoms with E-state index in [1.165, 1.54) is 38.9 Å². The van der Waals surface area contributed by atoms with Crippen LogP contribution in [0.15, 0.2) is 12.2 Å². The minimum absolute atomic E-state index is 1.19. The predicted molar refractivity (Wildman–Crippen MR) is 56.5 cm³/mol. The zero-order chi connectivity index (χ0) is 9.23. The standard InChI is InChI=1S/C11H23N/c1-4-7-8-9-10-11-12(5-2)6-3/h4,7H,5-6,8-11H2,1-3H3/b7-4-. The van der Waals surface area contributed by atoms with Gasteiger partial charge in [-0.1, -0.05) is 26.0 Å². The van der Waals surface area contributed by atoms with Gasteiger partial charge >= 0.3 is 0 Å². The van der Waals surface area contributed by atoms with Crippen molar-refractivity contribution in [1.29, 1.82) is 0 Å². The molecule has 0 radical (unpaired) electrons. The molecule has 0 aliphatic carbocycles. The molecule has 0 N–H and O–H groups in total. The molecule has 1 nitrogen and oxygen atoms in total. The van der Waals surface area contributed by atoms with Gasteiger partial charge in [0.1, 0.15) is 0 Å². The van der Waals surface area contributed by atoms with Gasteiger partial charge in [0.25, 0.3) is 0 Å². The van der Waals surface area contributed by atoms with Crippen molar-refractivity contribution >= 4 is 0 Å². The predicted octanol–water partition coefficient (Wildman–Crippen LogP) is 3.07. The Morgan fingerprint density at radius 1 is 1.08 bits per heavy atom. The minimum atomic E-state index is 1.19. The van der Waals surface area contributed by atoms with Crippen LogP contribution in [0.5, 0.6) is 0 Å². The molecule has 0 aromatic carbocycles. The van der Waals surface area contributed by atoms with E-state index >= 15 is 0 Å². The molecule has 0 bridgehead atoms. The quantitative estimate of drug-likeness (QED) is 0.418. The number of allylic oxidation sites excluding steroid dienone is 2. The van der Waals surface area contributed by atoms with Gasteiger partial charge < -0.3 is 4.90 Å². The Morgan fingerprint density at radius 3 is 2.25 bits per heavy atom. The highest BCUT2D eigenvalue weighted by molar-refractivity contribution is 4.76. The Balaban J connectivity index is 3.17. The smallest absolute Gasteiger partial charge is 0.00189 e. The normalized spacial score (nSPS) is 11.7. The number of hydrogen-bond donors (Lipinski definition) is 0. The van der Waals surface area contributed by atoms with Crippen LogP contribution in [-0.2, 0) is 0 Å². The molecule has 0 rings (SSSR count). The average molecular weight is 169 g/mol. The van der Waals surface area contributed by atoms with Crippen molar-refractivity contribution in [2.45, 2.75) is 40.0 Å². The second kappa shape index (κ2) is 8.79. The largest absolute Gasteiger partial charge is 0.304 e. The van der Waals surface area contributed by atoms with E-state index in [1.54, 1.807) is 0 Å². The van der Waals surface area contributed by atoms with Gasteiger partial charge in [-0.3, -0.25) is 0 Å². The van der Waals surface area contributed by atoms with Gasteiger partial charge in [0.15, 0.2) is 0 Å². The summed E-state index contributed by atoms with van der Waals surface area (Å²) in [7, 11) is 0. The molecule has 0 amide bonds. The summed E-state index contributed by atoms with van der Waals surface area (Å²) in [5.74, 6) is 0. The molecule has 0 unspecified atom stereocenters. The second-order valence-electron chi connectivity index (χ2n) is 3.09. The summed E-state index contributed by atoms with van der Waals surface area (Å²) in [5.41, 5.74) is 0. The third kappa shape index (κ3) is 6.41. The first-order chi connectivity index (χ1) is 5.85. The molecule has 0 heterocycles. The Hall–Kier alpha value is -0.300.